The van der Waals surface area contributed by atoms with E-state index in [1.165, 1.54) is 24.8 Å². The number of fused-ring (bicyclic) bond motifs is 1. The van der Waals surface area contributed by atoms with Crippen molar-refractivity contribution in [2.75, 3.05) is 0 Å². The Hall–Kier alpha value is -5.46. The second-order valence-electron chi connectivity index (χ2n) is 20.6. The monoisotopic (exact) mass is 888 g/mol. The summed E-state index contributed by atoms with van der Waals surface area (Å²) in [6.45, 7) is 27.6. The third kappa shape index (κ3) is 10.1. The Morgan fingerprint density at radius 1 is 0.485 bits per heavy atom. The number of ether oxygens (including phenoxy) is 2. The third-order valence-corrected chi connectivity index (χ3v) is 14.3. The van der Waals surface area contributed by atoms with Gasteiger partial charge >= 0.3 is 0 Å². The smallest absolute Gasteiger partial charge is 0.197 e. The molecule has 7 rings (SSSR count). The first-order chi connectivity index (χ1) is 31.4. The van der Waals surface area contributed by atoms with E-state index in [1.807, 2.05) is 25.1 Å². The Bertz CT molecular complexity index is 2660. The van der Waals surface area contributed by atoms with Gasteiger partial charge in [0, 0.05) is 11.8 Å². The van der Waals surface area contributed by atoms with Crippen LogP contribution in [0.15, 0.2) is 90.1 Å². The Morgan fingerprint density at radius 3 is 1.33 bits per heavy atom. The molecular formula is C60H73NO5. The maximum Gasteiger partial charge on any atom is 0.197 e. The van der Waals surface area contributed by atoms with E-state index in [-0.39, 0.29) is 47.9 Å². The van der Waals surface area contributed by atoms with Crippen LogP contribution in [0.25, 0.3) is 10.8 Å². The van der Waals surface area contributed by atoms with E-state index in [1.54, 1.807) is 0 Å². The van der Waals surface area contributed by atoms with Crippen molar-refractivity contribution in [2.24, 2.45) is 5.18 Å². The van der Waals surface area contributed by atoms with Crippen LogP contribution in [0.1, 0.15) is 208 Å². The standard InChI is InChI=1S/C60H73NO5/c1-33(2)47-29-51(37(9)23-55(47)61-64)59(54-32-50(36(7)8)58(26-40(54)12)66-41(13)65-46-17-15-14-16-18-46)44-21-19-43-28-45(22-20-42(43)27-44)60(52-30-48(34(3)4)56(62)24-38(52)10)53-31-49(35(5)6)57(63)25-39(53)11/h19-36,41,46,59-60,62-63H,14-18H2,1-13H3. The van der Waals surface area contributed by atoms with Gasteiger partial charge in [0.05, 0.1) is 6.10 Å². The highest BCUT2D eigenvalue weighted by Crippen LogP contribution is 2.46. The average molecular weight is 888 g/mol. The van der Waals surface area contributed by atoms with Gasteiger partial charge in [-0.15, -0.1) is 4.91 Å². The Morgan fingerprint density at radius 2 is 0.894 bits per heavy atom. The van der Waals surface area contributed by atoms with E-state index in [0.717, 1.165) is 102 Å². The molecule has 0 saturated heterocycles. The summed E-state index contributed by atoms with van der Waals surface area (Å²) < 4.78 is 13.1. The number of nitrogens with zero attached hydrogens (tertiary/aromatic N) is 1. The van der Waals surface area contributed by atoms with Gasteiger partial charge in [-0.3, -0.25) is 0 Å². The minimum Gasteiger partial charge on any atom is -0.508 e. The topological polar surface area (TPSA) is 88.4 Å². The highest BCUT2D eigenvalue weighted by molar-refractivity contribution is 5.85. The molecule has 6 heteroatoms. The minimum atomic E-state index is -0.360. The molecule has 0 aliphatic heterocycles. The van der Waals surface area contributed by atoms with E-state index in [4.69, 9.17) is 9.47 Å². The van der Waals surface area contributed by atoms with Crippen molar-refractivity contribution >= 4 is 16.5 Å². The first-order valence-electron chi connectivity index (χ1n) is 24.5. The molecule has 66 heavy (non-hydrogen) atoms. The van der Waals surface area contributed by atoms with Gasteiger partial charge in [-0.2, -0.15) is 0 Å². The molecule has 0 spiro atoms. The lowest BCUT2D eigenvalue weighted by atomic mass is 9.77. The quantitative estimate of drug-likeness (QED) is 0.0609. The fourth-order valence-electron chi connectivity index (χ4n) is 10.5. The van der Waals surface area contributed by atoms with Crippen molar-refractivity contribution in [3.63, 3.8) is 0 Å². The van der Waals surface area contributed by atoms with Crippen LogP contribution < -0.4 is 4.74 Å². The first-order valence-corrected chi connectivity index (χ1v) is 24.5. The molecule has 1 aliphatic rings. The largest absolute Gasteiger partial charge is 0.508 e. The van der Waals surface area contributed by atoms with Crippen LogP contribution in [0.3, 0.4) is 0 Å². The summed E-state index contributed by atoms with van der Waals surface area (Å²) in [5.41, 5.74) is 15.5. The molecule has 2 unspecified atom stereocenters. The van der Waals surface area contributed by atoms with Crippen molar-refractivity contribution < 1.29 is 19.7 Å². The molecule has 2 atom stereocenters. The van der Waals surface area contributed by atoms with E-state index in [0.29, 0.717) is 17.2 Å². The molecule has 0 amide bonds. The number of nitroso groups, excluding NO2 is 1. The molecule has 1 aliphatic carbocycles. The SMILES string of the molecule is Cc1cc(O)c(C(C)C)cc1C(c1ccc2cc(C(c3cc(C(C)C)c(N=O)cc3C)c3cc(C(C)C)c(OC(C)OC4CCCCC4)cc3C)ccc2c1)c1cc(C(C)C)c(O)cc1C. The van der Waals surface area contributed by atoms with Crippen molar-refractivity contribution in [1.29, 1.82) is 0 Å². The fraction of sp³-hybridized carbons (Fsp3) is 0.433. The number of hydrogen-bond donors (Lipinski definition) is 2. The van der Waals surface area contributed by atoms with Crippen molar-refractivity contribution in [1.82, 2.24) is 0 Å². The predicted octanol–water partition coefficient (Wildman–Crippen LogP) is 16.8. The minimum absolute atomic E-state index is 0.108. The van der Waals surface area contributed by atoms with Crippen LogP contribution in [0.5, 0.6) is 17.2 Å². The van der Waals surface area contributed by atoms with Gasteiger partial charge in [-0.05, 0) is 189 Å². The molecule has 348 valence electrons. The molecular weight excluding hydrogens is 815 g/mol. The van der Waals surface area contributed by atoms with E-state index in [2.05, 4.69) is 155 Å². The number of phenolic OH excluding ortho intramolecular Hbond substituents is 2. The Labute approximate surface area is 394 Å². The van der Waals surface area contributed by atoms with Crippen molar-refractivity contribution in [3.05, 3.63) is 168 Å². The molecule has 1 fully saturated rings. The summed E-state index contributed by atoms with van der Waals surface area (Å²) in [5, 5.41) is 27.9. The molecule has 1 saturated carbocycles. The fourth-order valence-corrected chi connectivity index (χ4v) is 10.5. The summed E-state index contributed by atoms with van der Waals surface area (Å²) in [6, 6.07) is 30.6. The second-order valence-corrected chi connectivity index (χ2v) is 20.6. The highest BCUT2D eigenvalue weighted by Gasteiger charge is 2.29. The van der Waals surface area contributed by atoms with Gasteiger partial charge in [-0.25, -0.2) is 0 Å². The van der Waals surface area contributed by atoms with Crippen LogP contribution >= 0.6 is 0 Å². The van der Waals surface area contributed by atoms with E-state index < -0.39 is 0 Å². The van der Waals surface area contributed by atoms with E-state index >= 15 is 0 Å². The maximum atomic E-state index is 12.2. The van der Waals surface area contributed by atoms with Gasteiger partial charge in [0.25, 0.3) is 0 Å². The number of phenols is 2. The first kappa shape index (κ1) is 48.5. The maximum absolute atomic E-state index is 12.2. The van der Waals surface area contributed by atoms with Gasteiger partial charge in [0.1, 0.15) is 22.9 Å². The second kappa shape index (κ2) is 20.2. The average Bonchev–Trinajstić information content (AvgIpc) is 3.25. The number of aromatic hydroxyl groups is 2. The van der Waals surface area contributed by atoms with Crippen LogP contribution in [0.4, 0.5) is 5.69 Å². The van der Waals surface area contributed by atoms with Crippen LogP contribution in [0.2, 0.25) is 0 Å². The van der Waals surface area contributed by atoms with Gasteiger partial charge in [0.15, 0.2) is 6.29 Å². The van der Waals surface area contributed by atoms with Crippen LogP contribution in [-0.4, -0.2) is 22.6 Å². The lowest BCUT2D eigenvalue weighted by Crippen LogP contribution is -2.26. The van der Waals surface area contributed by atoms with Gasteiger partial charge in [0.2, 0.25) is 0 Å². The van der Waals surface area contributed by atoms with Crippen molar-refractivity contribution in [2.45, 2.75) is 170 Å². The Kier molecular flexibility index (Phi) is 14.8. The molecule has 0 heterocycles. The van der Waals surface area contributed by atoms with Crippen LogP contribution in [0, 0.1) is 32.6 Å². The highest BCUT2D eigenvalue weighted by atomic mass is 16.7. The summed E-state index contributed by atoms with van der Waals surface area (Å²) in [4.78, 5) is 12.2. The van der Waals surface area contributed by atoms with Crippen molar-refractivity contribution in [3.8, 4) is 17.2 Å². The molecule has 6 nitrogen and oxygen atoms in total. The number of rotatable bonds is 15. The molecule has 6 aromatic rings. The zero-order chi connectivity index (χ0) is 47.7. The summed E-state index contributed by atoms with van der Waals surface area (Å²) in [7, 11) is 0. The zero-order valence-corrected chi connectivity index (χ0v) is 41.8. The van der Waals surface area contributed by atoms with Gasteiger partial charge < -0.3 is 19.7 Å². The molecule has 0 aromatic heterocycles. The number of hydrogen-bond acceptors (Lipinski definition) is 6. The number of benzene rings is 6. The summed E-state index contributed by atoms with van der Waals surface area (Å²) in [5.74, 6) is 1.79. The number of aryl methyl sites for hydroxylation is 4. The predicted molar refractivity (Wildman–Crippen MR) is 274 cm³/mol. The molecule has 0 bridgehead atoms. The van der Waals surface area contributed by atoms with Crippen LogP contribution in [-0.2, 0) is 4.74 Å². The normalized spacial score (nSPS) is 14.6. The Balaban J connectivity index is 1.39. The summed E-state index contributed by atoms with van der Waals surface area (Å²) >= 11 is 0. The third-order valence-electron chi connectivity index (χ3n) is 14.3. The van der Waals surface area contributed by atoms with E-state index in [9.17, 15) is 15.1 Å². The molecule has 0 radical (unpaired) electrons. The molecule has 6 aromatic carbocycles. The van der Waals surface area contributed by atoms with Gasteiger partial charge in [-0.1, -0.05) is 135 Å². The lowest BCUT2D eigenvalue weighted by molar-refractivity contribution is -0.117. The lowest BCUT2D eigenvalue weighted by Gasteiger charge is -2.29. The zero-order valence-electron chi connectivity index (χ0n) is 41.8. The summed E-state index contributed by atoms with van der Waals surface area (Å²) in [6.07, 6.45) is 5.74. The molecule has 2 N–H and O–H groups in total.